The lowest BCUT2D eigenvalue weighted by Gasteiger charge is -1.92. The summed E-state index contributed by atoms with van der Waals surface area (Å²) in [6.45, 7) is 0. The Morgan fingerprint density at radius 3 is 1.82 bits per heavy atom. The van der Waals surface area contributed by atoms with E-state index in [1.807, 2.05) is 5.38 Å². The maximum Gasteiger partial charge on any atom is 0.265 e. The Balaban J connectivity index is 0.000000318. The van der Waals surface area contributed by atoms with Crippen molar-refractivity contribution < 1.29 is 25.9 Å². The van der Waals surface area contributed by atoms with Gasteiger partial charge in [0, 0.05) is 11.6 Å². The van der Waals surface area contributed by atoms with E-state index in [0.717, 1.165) is 5.01 Å². The summed E-state index contributed by atoms with van der Waals surface area (Å²) in [6.07, 6.45) is 1.75. The Morgan fingerprint density at radius 2 is 1.65 bits per heavy atom. The molecule has 0 saturated heterocycles. The number of alkyl halides is 1. The van der Waals surface area contributed by atoms with Crippen LogP contribution in [-0.2, 0) is 26.1 Å². The van der Waals surface area contributed by atoms with Gasteiger partial charge in [-0.3, -0.25) is 9.11 Å². The van der Waals surface area contributed by atoms with E-state index in [-0.39, 0.29) is 0 Å². The molecule has 1 aromatic heterocycles. The van der Waals surface area contributed by atoms with Crippen LogP contribution in [0.3, 0.4) is 0 Å². The van der Waals surface area contributed by atoms with Crippen molar-refractivity contribution in [3.05, 3.63) is 16.6 Å². The monoisotopic (exact) mass is 323 g/mol. The van der Waals surface area contributed by atoms with Crippen molar-refractivity contribution in [1.29, 1.82) is 0 Å². The predicted octanol–water partition coefficient (Wildman–Crippen LogP) is 0.644. The van der Waals surface area contributed by atoms with Gasteiger partial charge in [0.15, 0.2) is 0 Å². The van der Waals surface area contributed by atoms with Crippen molar-refractivity contribution in [1.82, 2.24) is 4.98 Å². The molecular formula is C6H10ClNO6S3. The largest absolute Gasteiger partial charge is 0.286 e. The minimum Gasteiger partial charge on any atom is -0.286 e. The molecule has 0 aliphatic rings. The lowest BCUT2D eigenvalue weighted by atomic mass is 10.8. The minimum absolute atomic E-state index is 0.539. The molecule has 0 fully saturated rings. The second-order valence-corrected chi connectivity index (χ2v) is 7.02. The summed E-state index contributed by atoms with van der Waals surface area (Å²) in [5.74, 6) is -1.42. The maximum atomic E-state index is 9.86. The van der Waals surface area contributed by atoms with Crippen LogP contribution >= 0.6 is 22.9 Å². The van der Waals surface area contributed by atoms with E-state index >= 15 is 0 Å². The minimum atomic E-state index is -4.30. The van der Waals surface area contributed by atoms with Crippen LogP contribution in [0.1, 0.15) is 5.01 Å². The average molecular weight is 324 g/mol. The molecule has 0 amide bonds. The zero-order valence-electron chi connectivity index (χ0n) is 8.35. The number of hydrogen-bond donors (Lipinski definition) is 2. The first-order valence-electron chi connectivity index (χ1n) is 3.98. The summed E-state index contributed by atoms with van der Waals surface area (Å²) >= 11 is 7.00. The van der Waals surface area contributed by atoms with Crippen molar-refractivity contribution in [3.63, 3.8) is 0 Å². The van der Waals surface area contributed by atoms with Crippen molar-refractivity contribution in [2.75, 3.05) is 11.5 Å². The van der Waals surface area contributed by atoms with Crippen LogP contribution in [-0.4, -0.2) is 42.4 Å². The Labute approximate surface area is 108 Å². The van der Waals surface area contributed by atoms with E-state index < -0.39 is 31.7 Å². The zero-order chi connectivity index (χ0) is 13.5. The smallest absolute Gasteiger partial charge is 0.265 e. The molecule has 1 aromatic rings. The lowest BCUT2D eigenvalue weighted by Crippen LogP contribution is -2.15. The van der Waals surface area contributed by atoms with Crippen molar-refractivity contribution in [2.45, 2.75) is 5.88 Å². The number of nitrogens with zero attached hydrogens (tertiary/aromatic N) is 1. The summed E-state index contributed by atoms with van der Waals surface area (Å²) in [5.41, 5.74) is 0. The third-order valence-corrected chi connectivity index (χ3v) is 4.09. The van der Waals surface area contributed by atoms with Gasteiger partial charge in [0.25, 0.3) is 20.2 Å². The van der Waals surface area contributed by atoms with Crippen molar-refractivity contribution in [3.8, 4) is 0 Å². The molecule has 0 radical (unpaired) electrons. The van der Waals surface area contributed by atoms with Gasteiger partial charge in [0.2, 0.25) is 0 Å². The van der Waals surface area contributed by atoms with Gasteiger partial charge in [0.05, 0.1) is 17.4 Å². The van der Waals surface area contributed by atoms with Crippen LogP contribution in [0.25, 0.3) is 0 Å². The number of hydrogen-bond acceptors (Lipinski definition) is 6. The van der Waals surface area contributed by atoms with Gasteiger partial charge in [-0.1, -0.05) is 0 Å². The van der Waals surface area contributed by atoms with Crippen LogP contribution in [0.5, 0.6) is 0 Å². The maximum absolute atomic E-state index is 9.86. The second kappa shape index (κ2) is 7.24. The van der Waals surface area contributed by atoms with Gasteiger partial charge in [0.1, 0.15) is 5.01 Å². The summed E-state index contributed by atoms with van der Waals surface area (Å²) in [6, 6.07) is 0. The fourth-order valence-electron chi connectivity index (χ4n) is 0.530. The molecule has 100 valence electrons. The molecule has 11 heteroatoms. The second-order valence-electron chi connectivity index (χ2n) is 2.63. The van der Waals surface area contributed by atoms with E-state index in [1.165, 1.54) is 0 Å². The molecule has 0 aliphatic carbocycles. The van der Waals surface area contributed by atoms with Crippen molar-refractivity contribution in [2.24, 2.45) is 0 Å². The van der Waals surface area contributed by atoms with Gasteiger partial charge in [-0.2, -0.15) is 16.8 Å². The number of thiazole rings is 1. The molecule has 7 nitrogen and oxygen atoms in total. The first-order chi connectivity index (χ1) is 7.64. The molecule has 17 heavy (non-hydrogen) atoms. The highest BCUT2D eigenvalue weighted by atomic mass is 35.5. The Morgan fingerprint density at radius 1 is 1.18 bits per heavy atom. The predicted molar refractivity (Wildman–Crippen MR) is 64.5 cm³/mol. The Bertz CT molecular complexity index is 476. The van der Waals surface area contributed by atoms with Crippen LogP contribution in [0.2, 0.25) is 0 Å². The summed E-state index contributed by atoms with van der Waals surface area (Å²) in [4.78, 5) is 3.92. The van der Waals surface area contributed by atoms with E-state index in [2.05, 4.69) is 4.98 Å². The molecule has 1 heterocycles. The highest BCUT2D eigenvalue weighted by Crippen LogP contribution is 2.05. The normalized spacial score (nSPS) is 11.7. The lowest BCUT2D eigenvalue weighted by molar-refractivity contribution is 0.472. The zero-order valence-corrected chi connectivity index (χ0v) is 11.6. The fourth-order valence-corrected chi connectivity index (χ4v) is 2.94. The van der Waals surface area contributed by atoms with Gasteiger partial charge in [-0.05, 0) is 0 Å². The standard InChI is InChI=1S/C4H4ClNS.C2H6O6S2/c5-3-4-6-1-2-7-4;3-9(4,5)1-2-10(6,7)8/h1-2H,3H2;1-2H2,(H,3,4,5)(H,6,7,8). The fraction of sp³-hybridized carbons (Fsp3) is 0.500. The molecule has 1 rings (SSSR count). The number of rotatable bonds is 4. The number of halogens is 1. The van der Waals surface area contributed by atoms with E-state index in [9.17, 15) is 16.8 Å². The Hall–Kier alpha value is -0.260. The van der Waals surface area contributed by atoms with Gasteiger partial charge >= 0.3 is 0 Å². The van der Waals surface area contributed by atoms with Crippen LogP contribution in [0.15, 0.2) is 11.6 Å². The number of aromatic nitrogens is 1. The first-order valence-corrected chi connectivity index (χ1v) is 8.62. The van der Waals surface area contributed by atoms with E-state index in [0.29, 0.717) is 5.88 Å². The van der Waals surface area contributed by atoms with Gasteiger partial charge in [-0.25, -0.2) is 4.98 Å². The molecule has 0 bridgehead atoms. The van der Waals surface area contributed by atoms with Crippen LogP contribution in [0, 0.1) is 0 Å². The van der Waals surface area contributed by atoms with Crippen LogP contribution in [0.4, 0.5) is 0 Å². The molecule has 0 aromatic carbocycles. The molecule has 0 atom stereocenters. The summed E-state index contributed by atoms with van der Waals surface area (Å²) in [5, 5.41) is 2.90. The molecule has 0 saturated carbocycles. The third kappa shape index (κ3) is 12.0. The molecule has 0 spiro atoms. The first kappa shape index (κ1) is 16.7. The van der Waals surface area contributed by atoms with Gasteiger partial charge in [-0.15, -0.1) is 22.9 Å². The SMILES string of the molecule is ClCc1nccs1.O=S(=O)(O)CCS(=O)(=O)O. The highest BCUT2D eigenvalue weighted by Gasteiger charge is 2.11. The highest BCUT2D eigenvalue weighted by molar-refractivity contribution is 7.89. The Kier molecular flexibility index (Phi) is 7.13. The third-order valence-electron chi connectivity index (χ3n) is 1.20. The molecule has 0 unspecified atom stereocenters. The quantitative estimate of drug-likeness (QED) is 0.616. The average Bonchev–Trinajstić information content (AvgIpc) is 2.66. The van der Waals surface area contributed by atoms with E-state index in [1.54, 1.807) is 17.5 Å². The summed E-state index contributed by atoms with van der Waals surface area (Å²) < 4.78 is 55.4. The molecule has 2 N–H and O–H groups in total. The summed E-state index contributed by atoms with van der Waals surface area (Å²) in [7, 11) is -8.59. The van der Waals surface area contributed by atoms with Crippen molar-refractivity contribution >= 4 is 43.2 Å². The molecular weight excluding hydrogens is 314 g/mol. The van der Waals surface area contributed by atoms with Gasteiger partial charge < -0.3 is 0 Å². The topological polar surface area (TPSA) is 122 Å². The molecule has 0 aliphatic heterocycles. The van der Waals surface area contributed by atoms with Crippen LogP contribution < -0.4 is 0 Å². The van der Waals surface area contributed by atoms with E-state index in [4.69, 9.17) is 20.7 Å².